The molecule has 0 fully saturated rings. The van der Waals surface area contributed by atoms with Crippen molar-refractivity contribution in [1.29, 1.82) is 0 Å². The maximum atomic E-state index is 6.37. The second kappa shape index (κ2) is 13.4. The fourth-order valence-corrected chi connectivity index (χ4v) is 5.83. The zero-order valence-electron chi connectivity index (χ0n) is 27.4. The van der Waals surface area contributed by atoms with Crippen LogP contribution in [0, 0.1) is 0 Å². The highest BCUT2D eigenvalue weighted by atomic mass is 16.5. The molecule has 0 saturated carbocycles. The SMILES string of the molecule is c1ccc(Oc2cccc(Oc3ccc4c5ccc(Oc6cccc(Oc7ccccn7)c6)cc5n(-c5ncc(-n6ccnc6)cn5)c4c3)c2)nc1. The molecule has 0 unspecified atom stereocenters. The van der Waals surface area contributed by atoms with E-state index in [1.54, 1.807) is 49.4 Å². The number of imidazole rings is 1. The van der Waals surface area contributed by atoms with Gasteiger partial charge in [0.1, 0.15) is 34.5 Å². The van der Waals surface area contributed by atoms with Crippen molar-refractivity contribution in [3.05, 3.63) is 165 Å². The fraction of sp³-hybridized carbons (Fsp3) is 0. The van der Waals surface area contributed by atoms with E-state index in [0.29, 0.717) is 52.2 Å². The molecule has 5 heterocycles. The summed E-state index contributed by atoms with van der Waals surface area (Å²) in [6.07, 6.45) is 12.2. The number of nitrogens with zero attached hydrogens (tertiary/aromatic N) is 7. The van der Waals surface area contributed by atoms with E-state index < -0.39 is 0 Å². The average Bonchev–Trinajstić information content (AvgIpc) is 3.83. The maximum absolute atomic E-state index is 6.37. The standard InChI is InChI=1S/C41H27N7O4/c1-3-17-43-39(11-1)51-31-9-5-7-29(21-31)49-33-13-15-35-36-16-14-34(50-30-8-6-10-32(22-30)52-40-12-2-4-18-44-40)24-38(36)48(37(35)23-33)41-45-25-28(26-46-41)47-20-19-42-27-47/h1-27H. The van der Waals surface area contributed by atoms with Crippen molar-refractivity contribution >= 4 is 21.8 Å². The maximum Gasteiger partial charge on any atom is 0.234 e. The van der Waals surface area contributed by atoms with E-state index >= 15 is 0 Å². The van der Waals surface area contributed by atoms with Gasteiger partial charge in [0.15, 0.2) is 0 Å². The van der Waals surface area contributed by atoms with Gasteiger partial charge in [0, 0.05) is 72.0 Å². The lowest BCUT2D eigenvalue weighted by Crippen LogP contribution is -2.02. The van der Waals surface area contributed by atoms with Gasteiger partial charge in [0.05, 0.1) is 35.4 Å². The van der Waals surface area contributed by atoms with Gasteiger partial charge in [-0.1, -0.05) is 24.3 Å². The van der Waals surface area contributed by atoms with Gasteiger partial charge in [0.2, 0.25) is 17.7 Å². The highest BCUT2D eigenvalue weighted by Crippen LogP contribution is 2.38. The summed E-state index contributed by atoms with van der Waals surface area (Å²) in [5.74, 6) is 5.18. The molecule has 0 aliphatic rings. The van der Waals surface area contributed by atoms with E-state index in [1.807, 2.05) is 125 Å². The second-order valence-electron chi connectivity index (χ2n) is 11.6. The number of hydrogen-bond donors (Lipinski definition) is 0. The van der Waals surface area contributed by atoms with Crippen LogP contribution >= 0.6 is 0 Å². The molecule has 0 aliphatic carbocycles. The number of pyridine rings is 2. The summed E-state index contributed by atoms with van der Waals surface area (Å²) < 4.78 is 28.5. The Balaban J connectivity index is 1.08. The predicted molar refractivity (Wildman–Crippen MR) is 195 cm³/mol. The number of fused-ring (bicyclic) bond motifs is 3. The molecule has 0 radical (unpaired) electrons. The highest BCUT2D eigenvalue weighted by molar-refractivity contribution is 6.09. The molecule has 52 heavy (non-hydrogen) atoms. The van der Waals surface area contributed by atoms with Crippen LogP contribution in [-0.2, 0) is 0 Å². The van der Waals surface area contributed by atoms with E-state index in [1.165, 1.54) is 0 Å². The molecule has 4 aromatic carbocycles. The number of hydrogen-bond acceptors (Lipinski definition) is 9. The molecule has 0 spiro atoms. The minimum atomic E-state index is 0.481. The molecule has 250 valence electrons. The van der Waals surface area contributed by atoms with Crippen LogP contribution in [-0.4, -0.2) is 34.1 Å². The lowest BCUT2D eigenvalue weighted by Gasteiger charge is -2.11. The minimum Gasteiger partial charge on any atom is -0.457 e. The summed E-state index contributed by atoms with van der Waals surface area (Å²) in [6, 6.07) is 37.8. The van der Waals surface area contributed by atoms with Crippen molar-refractivity contribution in [3.8, 4) is 57.9 Å². The predicted octanol–water partition coefficient (Wildman–Crippen LogP) is 9.72. The molecule has 11 heteroatoms. The zero-order chi connectivity index (χ0) is 34.7. The number of ether oxygens (including phenoxy) is 4. The number of rotatable bonds is 10. The van der Waals surface area contributed by atoms with E-state index in [-0.39, 0.29) is 0 Å². The van der Waals surface area contributed by atoms with E-state index in [2.05, 4.69) is 15.0 Å². The summed E-state index contributed by atoms with van der Waals surface area (Å²) in [7, 11) is 0. The number of aromatic nitrogens is 7. The third-order valence-electron chi connectivity index (χ3n) is 8.14. The highest BCUT2D eigenvalue weighted by Gasteiger charge is 2.17. The Morgan fingerprint density at radius 1 is 0.442 bits per heavy atom. The number of benzene rings is 4. The third kappa shape index (κ3) is 6.32. The Kier molecular flexibility index (Phi) is 7.87. The van der Waals surface area contributed by atoms with E-state index in [4.69, 9.17) is 28.9 Å². The van der Waals surface area contributed by atoms with Crippen LogP contribution in [0.1, 0.15) is 0 Å². The molecule has 0 atom stereocenters. The Hall–Kier alpha value is -7.53. The molecule has 0 aliphatic heterocycles. The van der Waals surface area contributed by atoms with Crippen molar-refractivity contribution in [2.24, 2.45) is 0 Å². The smallest absolute Gasteiger partial charge is 0.234 e. The van der Waals surface area contributed by atoms with Gasteiger partial charge < -0.3 is 23.5 Å². The molecule has 9 rings (SSSR count). The second-order valence-corrected chi connectivity index (χ2v) is 11.6. The quantitative estimate of drug-likeness (QED) is 0.139. The Morgan fingerprint density at radius 2 is 0.962 bits per heavy atom. The molecule has 0 N–H and O–H groups in total. The van der Waals surface area contributed by atoms with Gasteiger partial charge in [-0.25, -0.2) is 24.9 Å². The Labute approximate surface area is 297 Å². The van der Waals surface area contributed by atoms with E-state index in [9.17, 15) is 0 Å². The topological polar surface area (TPSA) is 111 Å². The Morgan fingerprint density at radius 3 is 1.44 bits per heavy atom. The molecule has 9 aromatic rings. The van der Waals surface area contributed by atoms with Crippen molar-refractivity contribution < 1.29 is 18.9 Å². The largest absolute Gasteiger partial charge is 0.457 e. The molecule has 0 saturated heterocycles. The van der Waals surface area contributed by atoms with Crippen molar-refractivity contribution in [2.75, 3.05) is 0 Å². The summed E-state index contributed by atoms with van der Waals surface area (Å²) in [5.41, 5.74) is 2.49. The Bertz CT molecular complexity index is 2490. The van der Waals surface area contributed by atoms with E-state index in [0.717, 1.165) is 27.5 Å². The van der Waals surface area contributed by atoms with Crippen LogP contribution < -0.4 is 18.9 Å². The third-order valence-corrected chi connectivity index (χ3v) is 8.14. The van der Waals surface area contributed by atoms with Crippen molar-refractivity contribution in [2.45, 2.75) is 0 Å². The van der Waals surface area contributed by atoms with Crippen LogP contribution in [0.2, 0.25) is 0 Å². The molecular formula is C41H27N7O4. The molecule has 0 bridgehead atoms. The first-order valence-corrected chi connectivity index (χ1v) is 16.3. The van der Waals surface area contributed by atoms with Gasteiger partial charge >= 0.3 is 0 Å². The molecular weight excluding hydrogens is 654 g/mol. The first-order chi connectivity index (χ1) is 25.7. The summed E-state index contributed by atoms with van der Waals surface area (Å²) >= 11 is 0. The van der Waals surface area contributed by atoms with Gasteiger partial charge in [-0.05, 0) is 60.7 Å². The average molecular weight is 682 g/mol. The van der Waals surface area contributed by atoms with Crippen molar-refractivity contribution in [3.63, 3.8) is 0 Å². The van der Waals surface area contributed by atoms with Crippen molar-refractivity contribution in [1.82, 2.24) is 34.1 Å². The fourth-order valence-electron chi connectivity index (χ4n) is 5.83. The summed E-state index contributed by atoms with van der Waals surface area (Å²) in [6.45, 7) is 0. The first-order valence-electron chi connectivity index (χ1n) is 16.3. The van der Waals surface area contributed by atoms with Gasteiger partial charge in [0.25, 0.3) is 0 Å². The lowest BCUT2D eigenvalue weighted by atomic mass is 10.1. The minimum absolute atomic E-state index is 0.481. The van der Waals surface area contributed by atoms with Crippen LogP contribution in [0.5, 0.6) is 46.3 Å². The normalized spacial score (nSPS) is 11.1. The zero-order valence-corrected chi connectivity index (χ0v) is 27.4. The van der Waals surface area contributed by atoms with Crippen LogP contribution in [0.15, 0.2) is 165 Å². The van der Waals surface area contributed by atoms with Crippen LogP contribution in [0.25, 0.3) is 33.4 Å². The van der Waals surface area contributed by atoms with Crippen LogP contribution in [0.4, 0.5) is 0 Å². The van der Waals surface area contributed by atoms with Gasteiger partial charge in [-0.15, -0.1) is 0 Å². The summed E-state index contributed by atoms with van der Waals surface area (Å²) in [5, 5.41) is 1.99. The van der Waals surface area contributed by atoms with Gasteiger partial charge in [-0.2, -0.15) is 0 Å². The summed E-state index contributed by atoms with van der Waals surface area (Å²) in [4.78, 5) is 22.2. The van der Waals surface area contributed by atoms with Gasteiger partial charge in [-0.3, -0.25) is 4.57 Å². The molecule has 5 aromatic heterocycles. The molecule has 11 nitrogen and oxygen atoms in total. The monoisotopic (exact) mass is 681 g/mol. The molecule has 0 amide bonds. The lowest BCUT2D eigenvalue weighted by molar-refractivity contribution is 0.448. The van der Waals surface area contributed by atoms with Crippen LogP contribution in [0.3, 0.4) is 0 Å². The first kappa shape index (κ1) is 30.5.